The quantitative estimate of drug-likeness (QED) is 0.719. The lowest BCUT2D eigenvalue weighted by molar-refractivity contribution is -0.142. The van der Waals surface area contributed by atoms with Crippen molar-refractivity contribution >= 4 is 11.9 Å². The second-order valence-electron chi connectivity index (χ2n) is 4.62. The Morgan fingerprint density at radius 2 is 1.95 bits per heavy atom. The highest BCUT2D eigenvalue weighted by Crippen LogP contribution is 2.08. The SMILES string of the molecule is COC(=O)CCN(CC(C)O)C(=O)COc1ccccc1. The Morgan fingerprint density at radius 1 is 1.29 bits per heavy atom. The van der Waals surface area contributed by atoms with Gasteiger partial charge in [0.05, 0.1) is 19.6 Å². The van der Waals surface area contributed by atoms with Crippen LogP contribution in [0, 0.1) is 0 Å². The van der Waals surface area contributed by atoms with E-state index < -0.39 is 12.1 Å². The first-order valence-corrected chi connectivity index (χ1v) is 6.73. The molecule has 6 heteroatoms. The molecule has 116 valence electrons. The Morgan fingerprint density at radius 3 is 2.52 bits per heavy atom. The number of hydrogen-bond acceptors (Lipinski definition) is 5. The van der Waals surface area contributed by atoms with Crippen molar-refractivity contribution in [2.24, 2.45) is 0 Å². The van der Waals surface area contributed by atoms with E-state index in [4.69, 9.17) is 4.74 Å². The van der Waals surface area contributed by atoms with Crippen LogP contribution in [0.1, 0.15) is 13.3 Å². The van der Waals surface area contributed by atoms with Gasteiger partial charge in [0, 0.05) is 13.1 Å². The predicted molar refractivity (Wildman–Crippen MR) is 76.8 cm³/mol. The summed E-state index contributed by atoms with van der Waals surface area (Å²) >= 11 is 0. The second kappa shape index (κ2) is 8.97. The van der Waals surface area contributed by atoms with Gasteiger partial charge in [-0.25, -0.2) is 0 Å². The van der Waals surface area contributed by atoms with E-state index in [0.29, 0.717) is 5.75 Å². The van der Waals surface area contributed by atoms with Gasteiger partial charge in [0.2, 0.25) is 0 Å². The average molecular weight is 295 g/mol. The molecule has 1 N–H and O–H groups in total. The first-order valence-electron chi connectivity index (χ1n) is 6.73. The smallest absolute Gasteiger partial charge is 0.307 e. The van der Waals surface area contributed by atoms with Crippen molar-refractivity contribution in [2.75, 3.05) is 26.8 Å². The lowest BCUT2D eigenvalue weighted by Crippen LogP contribution is -2.40. The van der Waals surface area contributed by atoms with Gasteiger partial charge in [-0.1, -0.05) is 18.2 Å². The normalized spacial score (nSPS) is 11.6. The van der Waals surface area contributed by atoms with E-state index in [0.717, 1.165) is 0 Å². The third-order valence-electron chi connectivity index (χ3n) is 2.76. The van der Waals surface area contributed by atoms with E-state index in [9.17, 15) is 14.7 Å². The van der Waals surface area contributed by atoms with Gasteiger partial charge in [-0.15, -0.1) is 0 Å². The number of methoxy groups -OCH3 is 1. The molecule has 1 aromatic rings. The van der Waals surface area contributed by atoms with Gasteiger partial charge in [-0.2, -0.15) is 0 Å². The number of ether oxygens (including phenoxy) is 2. The molecule has 1 atom stereocenters. The zero-order valence-electron chi connectivity index (χ0n) is 12.3. The van der Waals surface area contributed by atoms with E-state index in [1.165, 1.54) is 12.0 Å². The van der Waals surface area contributed by atoms with Gasteiger partial charge in [0.1, 0.15) is 5.75 Å². The van der Waals surface area contributed by atoms with Crippen LogP contribution in [0.4, 0.5) is 0 Å². The maximum atomic E-state index is 12.1. The van der Waals surface area contributed by atoms with Gasteiger partial charge >= 0.3 is 5.97 Å². The van der Waals surface area contributed by atoms with Gasteiger partial charge < -0.3 is 19.5 Å². The van der Waals surface area contributed by atoms with Crippen molar-refractivity contribution in [3.8, 4) is 5.75 Å². The number of para-hydroxylation sites is 1. The summed E-state index contributed by atoms with van der Waals surface area (Å²) in [6.07, 6.45) is -0.594. The first kappa shape index (κ1) is 17.0. The molecule has 0 saturated heterocycles. The molecule has 1 amide bonds. The van der Waals surface area contributed by atoms with Crippen molar-refractivity contribution in [3.05, 3.63) is 30.3 Å². The Balaban J connectivity index is 2.51. The average Bonchev–Trinajstić information content (AvgIpc) is 2.49. The van der Waals surface area contributed by atoms with Crippen molar-refractivity contribution in [1.82, 2.24) is 4.90 Å². The molecule has 0 spiro atoms. The zero-order chi connectivity index (χ0) is 15.7. The third kappa shape index (κ3) is 6.76. The van der Waals surface area contributed by atoms with E-state index in [1.54, 1.807) is 19.1 Å². The highest BCUT2D eigenvalue weighted by Gasteiger charge is 2.17. The fourth-order valence-electron chi connectivity index (χ4n) is 1.72. The van der Waals surface area contributed by atoms with E-state index in [1.807, 2.05) is 18.2 Å². The summed E-state index contributed by atoms with van der Waals surface area (Å²) in [6, 6.07) is 8.97. The van der Waals surface area contributed by atoms with Crippen LogP contribution in [0.25, 0.3) is 0 Å². The summed E-state index contributed by atoms with van der Waals surface area (Å²) in [7, 11) is 1.29. The standard InChI is InChI=1S/C15H21NO5/c1-12(17)10-16(9-8-15(19)20-2)14(18)11-21-13-6-4-3-5-7-13/h3-7,12,17H,8-11H2,1-2H3. The summed E-state index contributed by atoms with van der Waals surface area (Å²) in [5, 5.41) is 9.43. The summed E-state index contributed by atoms with van der Waals surface area (Å²) in [5.74, 6) is -0.0955. The van der Waals surface area contributed by atoms with Gasteiger partial charge in [-0.3, -0.25) is 9.59 Å². The number of carbonyl (C=O) groups excluding carboxylic acids is 2. The molecule has 0 aliphatic heterocycles. The van der Waals surface area contributed by atoms with Crippen LogP contribution in [0.15, 0.2) is 30.3 Å². The van der Waals surface area contributed by atoms with E-state index in [-0.39, 0.29) is 32.0 Å². The monoisotopic (exact) mass is 295 g/mol. The molecule has 0 saturated carbocycles. The number of hydrogen-bond donors (Lipinski definition) is 1. The molecule has 0 aromatic heterocycles. The number of amides is 1. The highest BCUT2D eigenvalue weighted by molar-refractivity contribution is 5.78. The molecule has 0 aliphatic carbocycles. The summed E-state index contributed by atoms with van der Waals surface area (Å²) < 4.78 is 9.92. The van der Waals surface area contributed by atoms with Gasteiger partial charge in [0.25, 0.3) is 5.91 Å². The van der Waals surface area contributed by atoms with Crippen LogP contribution in [0.2, 0.25) is 0 Å². The largest absolute Gasteiger partial charge is 0.484 e. The lowest BCUT2D eigenvalue weighted by Gasteiger charge is -2.23. The first-order chi connectivity index (χ1) is 10.0. The molecular weight excluding hydrogens is 274 g/mol. The molecule has 0 radical (unpaired) electrons. The number of aliphatic hydroxyl groups excluding tert-OH is 1. The molecule has 0 aliphatic rings. The number of nitrogens with zero attached hydrogens (tertiary/aromatic N) is 1. The van der Waals surface area contributed by atoms with Gasteiger partial charge in [0.15, 0.2) is 6.61 Å². The minimum Gasteiger partial charge on any atom is -0.484 e. The Hall–Kier alpha value is -2.08. The highest BCUT2D eigenvalue weighted by atomic mass is 16.5. The Labute approximate surface area is 124 Å². The topological polar surface area (TPSA) is 76.1 Å². The predicted octanol–water partition coefficient (Wildman–Crippen LogP) is 0.838. The Bertz CT molecular complexity index is 447. The van der Waals surface area contributed by atoms with Crippen LogP contribution in [0.3, 0.4) is 0 Å². The number of carbonyl (C=O) groups is 2. The molecular formula is C15H21NO5. The van der Waals surface area contributed by atoms with Crippen LogP contribution in [-0.2, 0) is 14.3 Å². The molecule has 1 unspecified atom stereocenters. The lowest BCUT2D eigenvalue weighted by atomic mass is 10.3. The zero-order valence-corrected chi connectivity index (χ0v) is 12.3. The Kier molecular flexibility index (Phi) is 7.25. The van der Waals surface area contributed by atoms with E-state index in [2.05, 4.69) is 4.74 Å². The van der Waals surface area contributed by atoms with Crippen LogP contribution >= 0.6 is 0 Å². The summed E-state index contributed by atoms with van der Waals surface area (Å²) in [5.41, 5.74) is 0. The van der Waals surface area contributed by atoms with Crippen molar-refractivity contribution in [2.45, 2.75) is 19.4 Å². The molecule has 1 aromatic carbocycles. The summed E-state index contributed by atoms with van der Waals surface area (Å²) in [4.78, 5) is 24.6. The van der Waals surface area contributed by atoms with Crippen molar-refractivity contribution in [1.29, 1.82) is 0 Å². The van der Waals surface area contributed by atoms with Crippen LogP contribution in [-0.4, -0.2) is 54.8 Å². The fraction of sp³-hybridized carbons (Fsp3) is 0.467. The minimum absolute atomic E-state index is 0.0836. The number of rotatable bonds is 8. The molecule has 0 fully saturated rings. The second-order valence-corrected chi connectivity index (χ2v) is 4.62. The maximum absolute atomic E-state index is 12.1. The van der Waals surface area contributed by atoms with Crippen LogP contribution in [0.5, 0.6) is 5.75 Å². The maximum Gasteiger partial charge on any atom is 0.307 e. The van der Waals surface area contributed by atoms with Crippen LogP contribution < -0.4 is 4.74 Å². The minimum atomic E-state index is -0.677. The van der Waals surface area contributed by atoms with Crippen molar-refractivity contribution in [3.63, 3.8) is 0 Å². The molecule has 6 nitrogen and oxygen atoms in total. The molecule has 21 heavy (non-hydrogen) atoms. The number of benzene rings is 1. The summed E-state index contributed by atoms with van der Waals surface area (Å²) in [6.45, 7) is 1.77. The number of aliphatic hydroxyl groups is 1. The number of esters is 1. The third-order valence-corrected chi connectivity index (χ3v) is 2.76. The molecule has 0 bridgehead atoms. The fourth-order valence-corrected chi connectivity index (χ4v) is 1.72. The van der Waals surface area contributed by atoms with E-state index >= 15 is 0 Å². The van der Waals surface area contributed by atoms with Gasteiger partial charge in [-0.05, 0) is 19.1 Å². The molecule has 1 rings (SSSR count). The van der Waals surface area contributed by atoms with Crippen molar-refractivity contribution < 1.29 is 24.2 Å². The molecule has 0 heterocycles.